The number of rotatable bonds is 4. The molecular weight excluding hydrogens is 285 g/mol. The predicted molar refractivity (Wildman–Crippen MR) is 63.6 cm³/mol. The van der Waals surface area contributed by atoms with E-state index in [2.05, 4.69) is 0 Å². The van der Waals surface area contributed by atoms with Crippen LogP contribution in [0.4, 0.5) is 4.39 Å². The number of carbonyl (C=O) groups is 1. The monoisotopic (exact) mass is 295 g/mol. The maximum Gasteiger partial charge on any atom is 0.264 e. The fourth-order valence-corrected chi connectivity index (χ4v) is 1.94. The lowest BCUT2D eigenvalue weighted by atomic mass is 10.3. The molecule has 100 valence electrons. The van der Waals surface area contributed by atoms with Gasteiger partial charge in [-0.1, -0.05) is 0 Å². The highest BCUT2D eigenvalue weighted by molar-refractivity contribution is 8.13. The molecule has 0 saturated carbocycles. The molecule has 0 aliphatic heterocycles. The van der Waals surface area contributed by atoms with Crippen LogP contribution in [-0.2, 0) is 13.8 Å². The molecule has 1 aromatic carbocycles. The van der Waals surface area contributed by atoms with Crippen molar-refractivity contribution in [3.63, 3.8) is 0 Å². The molecule has 0 saturated heterocycles. The quantitative estimate of drug-likeness (QED) is 0.784. The Bertz CT molecular complexity index is 559. The van der Waals surface area contributed by atoms with E-state index in [0.717, 1.165) is 12.1 Å². The highest BCUT2D eigenvalue weighted by Gasteiger charge is 2.16. The van der Waals surface area contributed by atoms with Gasteiger partial charge in [0.1, 0.15) is 16.5 Å². The highest BCUT2D eigenvalue weighted by Crippen LogP contribution is 2.23. The Kier molecular flexibility index (Phi) is 4.53. The second kappa shape index (κ2) is 5.53. The van der Waals surface area contributed by atoms with Gasteiger partial charge >= 0.3 is 0 Å². The van der Waals surface area contributed by atoms with Crippen molar-refractivity contribution in [2.75, 3.05) is 20.7 Å². The van der Waals surface area contributed by atoms with E-state index in [9.17, 15) is 17.6 Å². The van der Waals surface area contributed by atoms with Gasteiger partial charge < -0.3 is 9.64 Å². The first kappa shape index (κ1) is 14.7. The number of likely N-dealkylation sites (N-methyl/N-ethyl adjacent to an activating group) is 1. The lowest BCUT2D eigenvalue weighted by Gasteiger charge is -2.11. The van der Waals surface area contributed by atoms with Gasteiger partial charge in [0.05, 0.1) is 0 Å². The average molecular weight is 296 g/mol. The van der Waals surface area contributed by atoms with Crippen LogP contribution in [0.1, 0.15) is 0 Å². The number of halogens is 2. The minimum atomic E-state index is -4.13. The van der Waals surface area contributed by atoms with E-state index < -0.39 is 19.8 Å². The summed E-state index contributed by atoms with van der Waals surface area (Å²) in [6.45, 7) is -0.264. The molecule has 0 aliphatic rings. The molecule has 0 aromatic heterocycles. The first-order valence-electron chi connectivity index (χ1n) is 4.79. The van der Waals surface area contributed by atoms with E-state index in [1.54, 1.807) is 14.1 Å². The lowest BCUT2D eigenvalue weighted by Crippen LogP contribution is -2.27. The maximum absolute atomic E-state index is 13.4. The van der Waals surface area contributed by atoms with E-state index in [1.807, 2.05) is 0 Å². The third-order valence-electron chi connectivity index (χ3n) is 2.03. The second-order valence-electron chi connectivity index (χ2n) is 3.61. The minimum Gasteiger partial charge on any atom is -0.484 e. The van der Waals surface area contributed by atoms with Crippen LogP contribution in [0.5, 0.6) is 5.75 Å². The number of carbonyl (C=O) groups excluding carboxylic acids is 1. The zero-order valence-electron chi connectivity index (χ0n) is 9.68. The van der Waals surface area contributed by atoms with E-state index in [4.69, 9.17) is 15.4 Å². The molecule has 5 nitrogen and oxygen atoms in total. The summed E-state index contributed by atoms with van der Waals surface area (Å²) in [7, 11) is 3.99. The molecule has 0 spiro atoms. The second-order valence-corrected chi connectivity index (χ2v) is 6.14. The fourth-order valence-electron chi connectivity index (χ4n) is 1.04. The molecule has 0 fully saturated rings. The summed E-state index contributed by atoms with van der Waals surface area (Å²) in [6.07, 6.45) is 0. The Labute approximate surface area is 109 Å². The van der Waals surface area contributed by atoms with Gasteiger partial charge in [-0.25, -0.2) is 12.8 Å². The average Bonchev–Trinajstić information content (AvgIpc) is 2.23. The van der Waals surface area contributed by atoms with Crippen molar-refractivity contribution < 1.29 is 22.3 Å². The molecule has 0 heterocycles. The fraction of sp³-hybridized carbons (Fsp3) is 0.300. The van der Waals surface area contributed by atoms with Crippen LogP contribution in [-0.4, -0.2) is 39.9 Å². The Morgan fingerprint density at radius 1 is 1.44 bits per heavy atom. The first-order chi connectivity index (χ1) is 8.21. The van der Waals surface area contributed by atoms with Gasteiger partial charge in [-0.3, -0.25) is 4.79 Å². The predicted octanol–water partition coefficient (Wildman–Crippen LogP) is 1.22. The minimum absolute atomic E-state index is 0.0479. The number of nitrogens with zero attached hydrogens (tertiary/aromatic N) is 1. The van der Waals surface area contributed by atoms with E-state index in [0.29, 0.717) is 0 Å². The van der Waals surface area contributed by atoms with Crippen molar-refractivity contribution in [3.8, 4) is 5.75 Å². The van der Waals surface area contributed by atoms with Gasteiger partial charge in [0.2, 0.25) is 0 Å². The van der Waals surface area contributed by atoms with Crippen molar-refractivity contribution in [1.82, 2.24) is 4.90 Å². The molecule has 1 aromatic rings. The lowest BCUT2D eigenvalue weighted by molar-refractivity contribution is -0.130. The number of benzene rings is 1. The summed E-state index contributed by atoms with van der Waals surface area (Å²) in [6, 6.07) is 3.06. The molecule has 0 atom stereocenters. The van der Waals surface area contributed by atoms with Crippen LogP contribution in [0.2, 0.25) is 0 Å². The van der Waals surface area contributed by atoms with Crippen LogP contribution in [0.15, 0.2) is 23.1 Å². The number of hydrogen-bond acceptors (Lipinski definition) is 4. The zero-order valence-corrected chi connectivity index (χ0v) is 11.3. The third-order valence-corrected chi connectivity index (χ3v) is 3.38. The van der Waals surface area contributed by atoms with Gasteiger partial charge in [0.15, 0.2) is 6.61 Å². The zero-order chi connectivity index (χ0) is 13.9. The van der Waals surface area contributed by atoms with Gasteiger partial charge in [-0.15, -0.1) is 0 Å². The first-order valence-corrected chi connectivity index (χ1v) is 7.10. The topological polar surface area (TPSA) is 63.7 Å². The van der Waals surface area contributed by atoms with E-state index >= 15 is 0 Å². The molecule has 18 heavy (non-hydrogen) atoms. The Morgan fingerprint density at radius 2 is 2.06 bits per heavy atom. The molecule has 0 unspecified atom stereocenters. The van der Waals surface area contributed by atoms with Crippen molar-refractivity contribution in [2.24, 2.45) is 0 Å². The molecule has 0 aliphatic carbocycles. The van der Waals surface area contributed by atoms with Crippen molar-refractivity contribution in [3.05, 3.63) is 24.0 Å². The van der Waals surface area contributed by atoms with Gasteiger partial charge in [-0.05, 0) is 12.1 Å². The van der Waals surface area contributed by atoms with Crippen molar-refractivity contribution in [2.45, 2.75) is 4.90 Å². The van der Waals surface area contributed by atoms with Crippen LogP contribution >= 0.6 is 10.7 Å². The summed E-state index contributed by atoms with van der Waals surface area (Å²) < 4.78 is 40.3. The summed E-state index contributed by atoms with van der Waals surface area (Å²) in [5.41, 5.74) is 0. The normalized spacial score (nSPS) is 11.1. The molecular formula is C10H11ClFNO4S. The Morgan fingerprint density at radius 3 is 2.50 bits per heavy atom. The molecule has 0 bridgehead atoms. The SMILES string of the molecule is CN(C)C(=O)COc1ccc(S(=O)(=O)Cl)c(F)c1. The molecule has 1 amide bonds. The number of ether oxygens (including phenoxy) is 1. The van der Waals surface area contributed by atoms with Crippen molar-refractivity contribution >= 4 is 25.6 Å². The van der Waals surface area contributed by atoms with Gasteiger partial charge in [0.25, 0.3) is 15.0 Å². The summed E-state index contributed by atoms with van der Waals surface area (Å²) in [5.74, 6) is -1.28. The standard InChI is InChI=1S/C10H11ClFNO4S/c1-13(2)10(14)6-17-7-3-4-9(8(12)5-7)18(11,15)16/h3-5H,6H2,1-2H3. The third kappa shape index (κ3) is 3.85. The van der Waals surface area contributed by atoms with Crippen molar-refractivity contribution in [1.29, 1.82) is 0 Å². The molecule has 8 heteroatoms. The van der Waals surface area contributed by atoms with Gasteiger partial charge in [-0.2, -0.15) is 0 Å². The summed E-state index contributed by atoms with van der Waals surface area (Å²) in [4.78, 5) is 11.9. The molecule has 1 rings (SSSR count). The van der Waals surface area contributed by atoms with E-state index in [-0.39, 0.29) is 18.3 Å². The smallest absolute Gasteiger partial charge is 0.264 e. The largest absolute Gasteiger partial charge is 0.484 e. The van der Waals surface area contributed by atoms with E-state index in [1.165, 1.54) is 11.0 Å². The Balaban J connectivity index is 2.83. The maximum atomic E-state index is 13.4. The van der Waals surface area contributed by atoms with Crippen LogP contribution in [0.25, 0.3) is 0 Å². The van der Waals surface area contributed by atoms with Crippen LogP contribution in [0.3, 0.4) is 0 Å². The molecule has 0 N–H and O–H groups in total. The summed E-state index contributed by atoms with van der Waals surface area (Å²) in [5, 5.41) is 0. The number of amides is 1. The number of hydrogen-bond donors (Lipinski definition) is 0. The summed E-state index contributed by atoms with van der Waals surface area (Å²) >= 11 is 0. The van der Waals surface area contributed by atoms with Crippen LogP contribution in [0, 0.1) is 5.82 Å². The van der Waals surface area contributed by atoms with Gasteiger partial charge in [0, 0.05) is 30.8 Å². The van der Waals surface area contributed by atoms with Crippen LogP contribution < -0.4 is 4.74 Å². The Hall–Kier alpha value is -1.34. The highest BCUT2D eigenvalue weighted by atomic mass is 35.7. The molecule has 0 radical (unpaired) electrons.